The van der Waals surface area contributed by atoms with Crippen LogP contribution in [0.25, 0.3) is 0 Å². The van der Waals surface area contributed by atoms with Gasteiger partial charge in [0.1, 0.15) is 6.04 Å². The SMILES string of the molecule is CN1CCN(Cc2cn(CC3CCN(C(=O)C(NC(=O)c4ccccc4)c4ccccc4)C3)nn2)CC1. The third-order valence-electron chi connectivity index (χ3n) is 7.30. The van der Waals surface area contributed by atoms with E-state index >= 15 is 0 Å². The molecule has 2 unspecified atom stereocenters. The minimum atomic E-state index is -0.728. The van der Waals surface area contributed by atoms with Crippen LogP contribution in [0.4, 0.5) is 0 Å². The monoisotopic (exact) mass is 501 g/mol. The summed E-state index contributed by atoms with van der Waals surface area (Å²) < 4.78 is 1.91. The van der Waals surface area contributed by atoms with Crippen molar-refractivity contribution in [1.29, 1.82) is 0 Å². The predicted octanol–water partition coefficient (Wildman–Crippen LogP) is 2.05. The Morgan fingerprint density at radius 1 is 0.973 bits per heavy atom. The molecule has 1 N–H and O–H groups in total. The first-order valence-corrected chi connectivity index (χ1v) is 13.0. The van der Waals surface area contributed by atoms with E-state index in [1.54, 1.807) is 12.1 Å². The van der Waals surface area contributed by atoms with Gasteiger partial charge in [0, 0.05) is 64.1 Å². The van der Waals surface area contributed by atoms with Crippen LogP contribution in [0.3, 0.4) is 0 Å². The fourth-order valence-electron chi connectivity index (χ4n) is 5.10. The topological polar surface area (TPSA) is 86.6 Å². The summed E-state index contributed by atoms with van der Waals surface area (Å²) in [7, 11) is 2.16. The minimum Gasteiger partial charge on any atom is -0.340 e. The maximum Gasteiger partial charge on any atom is 0.252 e. The Morgan fingerprint density at radius 3 is 2.41 bits per heavy atom. The largest absolute Gasteiger partial charge is 0.340 e. The number of likely N-dealkylation sites (tertiary alicyclic amines) is 1. The van der Waals surface area contributed by atoms with Gasteiger partial charge in [0.05, 0.1) is 5.69 Å². The van der Waals surface area contributed by atoms with E-state index in [0.717, 1.165) is 56.9 Å². The van der Waals surface area contributed by atoms with Crippen molar-refractivity contribution in [3.63, 3.8) is 0 Å². The van der Waals surface area contributed by atoms with Crippen LogP contribution in [-0.2, 0) is 17.9 Å². The van der Waals surface area contributed by atoms with E-state index in [9.17, 15) is 9.59 Å². The Labute approximate surface area is 218 Å². The number of rotatable bonds is 8. The van der Waals surface area contributed by atoms with Gasteiger partial charge >= 0.3 is 0 Å². The normalized spacial score (nSPS) is 19.6. The third-order valence-corrected chi connectivity index (χ3v) is 7.30. The number of hydrogen-bond acceptors (Lipinski definition) is 6. The number of benzene rings is 2. The molecule has 3 aromatic rings. The number of nitrogens with one attached hydrogen (secondary N) is 1. The summed E-state index contributed by atoms with van der Waals surface area (Å²) in [6.45, 7) is 7.10. The molecule has 0 spiro atoms. The molecule has 5 rings (SSSR count). The fourth-order valence-corrected chi connectivity index (χ4v) is 5.10. The van der Waals surface area contributed by atoms with E-state index in [1.165, 1.54) is 0 Å². The van der Waals surface area contributed by atoms with Crippen molar-refractivity contribution in [2.75, 3.05) is 46.3 Å². The summed E-state index contributed by atoms with van der Waals surface area (Å²) >= 11 is 0. The summed E-state index contributed by atoms with van der Waals surface area (Å²) in [6.07, 6.45) is 2.93. The lowest BCUT2D eigenvalue weighted by Crippen LogP contribution is -2.43. The highest BCUT2D eigenvalue weighted by molar-refractivity contribution is 5.97. The number of hydrogen-bond donors (Lipinski definition) is 1. The van der Waals surface area contributed by atoms with Crippen LogP contribution in [0.1, 0.15) is 34.1 Å². The van der Waals surface area contributed by atoms with E-state index < -0.39 is 6.04 Å². The van der Waals surface area contributed by atoms with Crippen LogP contribution < -0.4 is 5.32 Å². The molecule has 0 saturated carbocycles. The van der Waals surface area contributed by atoms with Crippen molar-refractivity contribution in [3.05, 3.63) is 83.7 Å². The zero-order chi connectivity index (χ0) is 25.6. The Morgan fingerprint density at radius 2 is 1.68 bits per heavy atom. The van der Waals surface area contributed by atoms with Crippen LogP contribution in [0, 0.1) is 5.92 Å². The lowest BCUT2D eigenvalue weighted by atomic mass is 10.0. The molecule has 2 amide bonds. The van der Waals surface area contributed by atoms with E-state index in [2.05, 4.69) is 32.5 Å². The molecule has 2 aliphatic heterocycles. The average Bonchev–Trinajstić information content (AvgIpc) is 3.59. The van der Waals surface area contributed by atoms with Crippen molar-refractivity contribution in [1.82, 2.24) is 35.0 Å². The lowest BCUT2D eigenvalue weighted by Gasteiger charge is -2.31. The number of nitrogens with zero attached hydrogens (tertiary/aromatic N) is 6. The number of likely N-dealkylation sites (N-methyl/N-ethyl adjacent to an activating group) is 1. The smallest absolute Gasteiger partial charge is 0.252 e. The summed E-state index contributed by atoms with van der Waals surface area (Å²) in [5, 5.41) is 11.7. The van der Waals surface area contributed by atoms with Crippen molar-refractivity contribution in [2.24, 2.45) is 5.92 Å². The van der Waals surface area contributed by atoms with Crippen molar-refractivity contribution in [2.45, 2.75) is 25.6 Å². The highest BCUT2D eigenvalue weighted by atomic mass is 16.2. The van der Waals surface area contributed by atoms with Crippen LogP contribution in [0.15, 0.2) is 66.9 Å². The van der Waals surface area contributed by atoms with Gasteiger partial charge in [-0.2, -0.15) is 0 Å². The second-order valence-corrected chi connectivity index (χ2v) is 10.1. The Balaban J connectivity index is 1.19. The Kier molecular flexibility index (Phi) is 7.91. The molecular weight excluding hydrogens is 466 g/mol. The highest BCUT2D eigenvalue weighted by Crippen LogP contribution is 2.24. The first-order valence-electron chi connectivity index (χ1n) is 13.0. The molecule has 9 heteroatoms. The van der Waals surface area contributed by atoms with Gasteiger partial charge in [-0.3, -0.25) is 19.2 Å². The van der Waals surface area contributed by atoms with Crippen molar-refractivity contribution >= 4 is 11.8 Å². The van der Waals surface area contributed by atoms with Crippen molar-refractivity contribution < 1.29 is 9.59 Å². The molecule has 37 heavy (non-hydrogen) atoms. The number of carbonyl (C=O) groups excluding carboxylic acids is 2. The number of carbonyl (C=O) groups is 2. The first kappa shape index (κ1) is 25.1. The molecule has 0 aliphatic carbocycles. The third kappa shape index (κ3) is 6.42. The lowest BCUT2D eigenvalue weighted by molar-refractivity contribution is -0.132. The second kappa shape index (κ2) is 11.7. The maximum atomic E-state index is 13.6. The van der Waals surface area contributed by atoms with Gasteiger partial charge in [0.2, 0.25) is 5.91 Å². The van der Waals surface area contributed by atoms with E-state index in [0.29, 0.717) is 24.6 Å². The molecule has 1 aromatic heterocycles. The highest BCUT2D eigenvalue weighted by Gasteiger charge is 2.33. The van der Waals surface area contributed by atoms with Gasteiger partial charge in [-0.1, -0.05) is 53.7 Å². The summed E-state index contributed by atoms with van der Waals surface area (Å²) in [5.74, 6) is -0.0373. The van der Waals surface area contributed by atoms with Gasteiger partial charge in [-0.05, 0) is 37.1 Å². The van der Waals surface area contributed by atoms with Crippen molar-refractivity contribution in [3.8, 4) is 0 Å². The first-order chi connectivity index (χ1) is 18.0. The Bertz CT molecular complexity index is 1180. The second-order valence-electron chi connectivity index (χ2n) is 10.1. The van der Waals surface area contributed by atoms with Gasteiger partial charge < -0.3 is 15.1 Å². The molecule has 194 valence electrons. The number of piperazine rings is 1. The molecule has 2 fully saturated rings. The standard InChI is InChI=1S/C28H35N7O2/c1-32-14-16-33(17-15-32)20-25-21-35(31-30-25)19-22-12-13-34(18-22)28(37)26(23-8-4-2-5-9-23)29-27(36)24-10-6-3-7-11-24/h2-11,21-22,26H,12-20H2,1H3,(H,29,36). The predicted molar refractivity (Wildman–Crippen MR) is 141 cm³/mol. The molecule has 2 aromatic carbocycles. The average molecular weight is 502 g/mol. The van der Waals surface area contributed by atoms with E-state index in [4.69, 9.17) is 0 Å². The number of amides is 2. The molecule has 2 aliphatic rings. The van der Waals surface area contributed by atoms with Gasteiger partial charge in [0.15, 0.2) is 0 Å². The molecular formula is C28H35N7O2. The maximum absolute atomic E-state index is 13.6. The van der Waals surface area contributed by atoms with Crippen LogP contribution >= 0.6 is 0 Å². The summed E-state index contributed by atoms with van der Waals surface area (Å²) in [5.41, 5.74) is 2.31. The zero-order valence-corrected chi connectivity index (χ0v) is 21.4. The van der Waals surface area contributed by atoms with Gasteiger partial charge in [-0.25, -0.2) is 0 Å². The molecule has 0 radical (unpaired) electrons. The molecule has 2 atom stereocenters. The minimum absolute atomic E-state index is 0.0765. The van der Waals surface area contributed by atoms with Gasteiger partial charge in [-0.15, -0.1) is 5.10 Å². The van der Waals surface area contributed by atoms with E-state index in [-0.39, 0.29) is 11.8 Å². The quantitative estimate of drug-likeness (QED) is 0.509. The molecule has 0 bridgehead atoms. The molecule has 3 heterocycles. The Hall–Kier alpha value is -3.56. The van der Waals surface area contributed by atoms with Crippen LogP contribution in [-0.4, -0.2) is 87.8 Å². The number of aromatic nitrogens is 3. The van der Waals surface area contributed by atoms with Gasteiger partial charge in [0.25, 0.3) is 5.91 Å². The fraction of sp³-hybridized carbons (Fsp3) is 0.429. The summed E-state index contributed by atoms with van der Waals surface area (Å²) in [6, 6.07) is 17.8. The van der Waals surface area contributed by atoms with Crippen LogP contribution in [0.2, 0.25) is 0 Å². The molecule has 9 nitrogen and oxygen atoms in total. The summed E-state index contributed by atoms with van der Waals surface area (Å²) in [4.78, 5) is 33.2. The van der Waals surface area contributed by atoms with Crippen LogP contribution in [0.5, 0.6) is 0 Å². The molecule has 2 saturated heterocycles. The van der Waals surface area contributed by atoms with E-state index in [1.807, 2.05) is 64.3 Å². The zero-order valence-electron chi connectivity index (χ0n) is 21.4.